The normalized spacial score (nSPS) is 11.9. The van der Waals surface area contributed by atoms with Gasteiger partial charge in [-0.05, 0) is 52.2 Å². The molecule has 4 heterocycles. The second-order valence-electron chi connectivity index (χ2n) is 9.53. The third-order valence-electron chi connectivity index (χ3n) is 6.46. The second kappa shape index (κ2) is 11.9. The van der Waals surface area contributed by atoms with Crippen LogP contribution in [0.2, 0.25) is 0 Å². The fraction of sp³-hybridized carbons (Fsp3) is 0.370. The Morgan fingerprint density at radius 3 is 2.52 bits per heavy atom. The van der Waals surface area contributed by atoms with Crippen molar-refractivity contribution < 1.29 is 9.90 Å². The molecular weight excluding hydrogens is 532 g/mol. The monoisotopic (exact) mass is 564 g/mol. The Labute approximate surface area is 234 Å². The Morgan fingerprint density at radius 1 is 1.12 bits per heavy atom. The summed E-state index contributed by atoms with van der Waals surface area (Å²) >= 11 is 1.33. The lowest BCUT2D eigenvalue weighted by Crippen LogP contribution is -2.31. The van der Waals surface area contributed by atoms with Gasteiger partial charge in [0.15, 0.2) is 11.2 Å². The number of allylic oxidation sites excluding steroid dienone is 5. The molecule has 0 atom stereocenters. The van der Waals surface area contributed by atoms with E-state index in [1.807, 2.05) is 46.8 Å². The van der Waals surface area contributed by atoms with Crippen LogP contribution in [0.3, 0.4) is 0 Å². The molecule has 0 aromatic carbocycles. The number of H-pyrrole nitrogens is 1. The number of carboxylic acid groups (broad SMARTS) is 1. The fourth-order valence-corrected chi connectivity index (χ4v) is 5.19. The van der Waals surface area contributed by atoms with E-state index >= 15 is 0 Å². The van der Waals surface area contributed by atoms with Crippen LogP contribution in [0.25, 0.3) is 16.9 Å². The SMILES string of the molecule is C=C/C(=C\C=C(C)C)Cn1c(=O)[nH]c(=O)c2c1nc(CSc1nc3nc(C)c(CCC(=O)O)c(C)n3n1)n2CC. The van der Waals surface area contributed by atoms with E-state index in [0.717, 1.165) is 28.1 Å². The molecule has 0 unspecified atom stereocenters. The Balaban J connectivity index is 1.70. The number of aromatic nitrogens is 8. The molecule has 0 aliphatic carbocycles. The molecule has 0 aliphatic heterocycles. The predicted molar refractivity (Wildman–Crippen MR) is 154 cm³/mol. The second-order valence-corrected chi connectivity index (χ2v) is 10.5. The minimum Gasteiger partial charge on any atom is -0.481 e. The molecule has 0 amide bonds. The minimum absolute atomic E-state index is 0.00163. The zero-order chi connectivity index (χ0) is 29.1. The zero-order valence-corrected chi connectivity index (χ0v) is 24.0. The number of aliphatic carboxylic acids is 1. The van der Waals surface area contributed by atoms with Gasteiger partial charge in [-0.15, -0.1) is 5.10 Å². The number of aromatic amines is 1. The van der Waals surface area contributed by atoms with Crippen molar-refractivity contribution in [3.8, 4) is 0 Å². The third-order valence-corrected chi connectivity index (χ3v) is 7.30. The van der Waals surface area contributed by atoms with Gasteiger partial charge in [0.1, 0.15) is 5.82 Å². The first-order valence-electron chi connectivity index (χ1n) is 12.8. The molecule has 0 spiro atoms. The molecule has 40 heavy (non-hydrogen) atoms. The van der Waals surface area contributed by atoms with E-state index in [2.05, 4.69) is 26.6 Å². The van der Waals surface area contributed by atoms with Crippen molar-refractivity contribution in [1.82, 2.24) is 38.7 Å². The first-order chi connectivity index (χ1) is 19.0. The van der Waals surface area contributed by atoms with E-state index in [4.69, 9.17) is 10.1 Å². The number of hydrogen-bond donors (Lipinski definition) is 2. The van der Waals surface area contributed by atoms with Crippen molar-refractivity contribution in [3.63, 3.8) is 0 Å². The predicted octanol–water partition coefficient (Wildman–Crippen LogP) is 3.35. The molecule has 0 saturated heterocycles. The first-order valence-corrected chi connectivity index (χ1v) is 13.8. The van der Waals surface area contributed by atoms with E-state index in [-0.39, 0.29) is 13.0 Å². The first kappa shape index (κ1) is 28.7. The Morgan fingerprint density at radius 2 is 1.88 bits per heavy atom. The van der Waals surface area contributed by atoms with Gasteiger partial charge in [-0.2, -0.15) is 4.98 Å². The van der Waals surface area contributed by atoms with Crippen LogP contribution in [0.5, 0.6) is 0 Å². The molecule has 4 aromatic heterocycles. The molecule has 2 N–H and O–H groups in total. The molecule has 210 valence electrons. The van der Waals surface area contributed by atoms with Gasteiger partial charge in [0.05, 0.1) is 12.3 Å². The molecule has 0 radical (unpaired) electrons. The number of nitrogens with zero attached hydrogens (tertiary/aromatic N) is 7. The van der Waals surface area contributed by atoms with Crippen LogP contribution in [0.4, 0.5) is 0 Å². The van der Waals surface area contributed by atoms with Gasteiger partial charge in [0.2, 0.25) is 5.16 Å². The van der Waals surface area contributed by atoms with Crippen LogP contribution in [0, 0.1) is 13.8 Å². The molecule has 0 aliphatic rings. The van der Waals surface area contributed by atoms with E-state index in [1.54, 1.807) is 15.2 Å². The Kier molecular flexibility index (Phi) is 8.52. The largest absolute Gasteiger partial charge is 0.481 e. The van der Waals surface area contributed by atoms with Gasteiger partial charge < -0.3 is 9.67 Å². The van der Waals surface area contributed by atoms with Crippen molar-refractivity contribution in [2.24, 2.45) is 0 Å². The standard InChI is InChI=1S/C27H32N8O4S/c1-7-18(10-9-15(3)4)13-34-23-22(24(38)30-27(34)39)33(8-2)20(29-23)14-40-26-31-25-28-16(5)19(11-12-21(36)37)17(6)35(25)32-26/h7,9-10H,1,8,11-14H2,2-6H3,(H,36,37)(H,30,38,39)/b18-10+. The maximum Gasteiger partial charge on any atom is 0.330 e. The van der Waals surface area contributed by atoms with Gasteiger partial charge >= 0.3 is 11.7 Å². The maximum atomic E-state index is 12.8. The Hall–Kier alpha value is -4.26. The lowest BCUT2D eigenvalue weighted by molar-refractivity contribution is -0.136. The number of thioether (sulfide) groups is 1. The number of carbonyl (C=O) groups is 1. The van der Waals surface area contributed by atoms with Crippen LogP contribution < -0.4 is 11.2 Å². The smallest absolute Gasteiger partial charge is 0.330 e. The van der Waals surface area contributed by atoms with Crippen molar-refractivity contribution in [2.45, 2.75) is 71.5 Å². The average Bonchev–Trinajstić information content (AvgIpc) is 3.47. The summed E-state index contributed by atoms with van der Waals surface area (Å²) in [4.78, 5) is 52.9. The van der Waals surface area contributed by atoms with Crippen LogP contribution in [0.1, 0.15) is 50.0 Å². The zero-order valence-electron chi connectivity index (χ0n) is 23.2. The molecular formula is C27H32N8O4S. The number of hydrogen-bond acceptors (Lipinski definition) is 8. The van der Waals surface area contributed by atoms with Gasteiger partial charge in [-0.1, -0.05) is 42.1 Å². The fourth-order valence-electron chi connectivity index (χ4n) is 4.43. The van der Waals surface area contributed by atoms with Gasteiger partial charge in [0.25, 0.3) is 11.3 Å². The van der Waals surface area contributed by atoms with E-state index in [9.17, 15) is 14.4 Å². The van der Waals surface area contributed by atoms with Crippen molar-refractivity contribution in [1.29, 1.82) is 0 Å². The molecule has 12 nitrogen and oxygen atoms in total. The van der Waals surface area contributed by atoms with E-state index in [0.29, 0.717) is 46.6 Å². The maximum absolute atomic E-state index is 12.8. The number of imidazole rings is 1. The van der Waals surface area contributed by atoms with E-state index < -0.39 is 17.2 Å². The van der Waals surface area contributed by atoms with Gasteiger partial charge in [0, 0.05) is 24.4 Å². The minimum atomic E-state index is -0.874. The summed E-state index contributed by atoms with van der Waals surface area (Å²) in [6.45, 7) is 14.1. The number of carboxylic acids is 1. The van der Waals surface area contributed by atoms with Crippen LogP contribution >= 0.6 is 11.8 Å². The van der Waals surface area contributed by atoms with E-state index in [1.165, 1.54) is 16.3 Å². The summed E-state index contributed by atoms with van der Waals surface area (Å²) in [5.74, 6) is 0.494. The summed E-state index contributed by atoms with van der Waals surface area (Å²) in [5.41, 5.74) is 3.83. The highest BCUT2D eigenvalue weighted by molar-refractivity contribution is 7.98. The Bertz CT molecular complexity index is 1800. The summed E-state index contributed by atoms with van der Waals surface area (Å²) in [6, 6.07) is 0. The molecule has 4 rings (SSSR count). The molecule has 0 saturated carbocycles. The highest BCUT2D eigenvalue weighted by Gasteiger charge is 2.20. The summed E-state index contributed by atoms with van der Waals surface area (Å²) in [5, 5.41) is 14.1. The summed E-state index contributed by atoms with van der Waals surface area (Å²) in [6.07, 6.45) is 5.86. The lowest BCUT2D eigenvalue weighted by atomic mass is 10.1. The summed E-state index contributed by atoms with van der Waals surface area (Å²) < 4.78 is 4.85. The number of nitrogens with one attached hydrogen (secondary N) is 1. The quantitative estimate of drug-likeness (QED) is 0.206. The molecule has 4 aromatic rings. The number of rotatable bonds is 11. The van der Waals surface area contributed by atoms with Crippen molar-refractivity contribution in [3.05, 3.63) is 79.6 Å². The molecule has 13 heteroatoms. The highest BCUT2D eigenvalue weighted by atomic mass is 32.2. The number of aryl methyl sites for hydroxylation is 3. The van der Waals surface area contributed by atoms with Gasteiger partial charge in [-0.25, -0.2) is 19.3 Å². The summed E-state index contributed by atoms with van der Waals surface area (Å²) in [7, 11) is 0. The number of fused-ring (bicyclic) bond motifs is 2. The van der Waals surface area contributed by atoms with Gasteiger partial charge in [-0.3, -0.25) is 19.1 Å². The molecule has 0 fully saturated rings. The van der Waals surface area contributed by atoms with Crippen LogP contribution in [-0.2, 0) is 30.1 Å². The van der Waals surface area contributed by atoms with Crippen LogP contribution in [0.15, 0.2) is 50.7 Å². The topological polar surface area (TPSA) is 153 Å². The lowest BCUT2D eigenvalue weighted by Gasteiger charge is -2.08. The van der Waals surface area contributed by atoms with Crippen LogP contribution in [-0.4, -0.2) is 49.8 Å². The third kappa shape index (κ3) is 5.83. The van der Waals surface area contributed by atoms with Crippen molar-refractivity contribution in [2.75, 3.05) is 0 Å². The average molecular weight is 565 g/mol. The molecule has 0 bridgehead atoms. The van der Waals surface area contributed by atoms with Crippen molar-refractivity contribution >= 4 is 34.7 Å². The highest BCUT2D eigenvalue weighted by Crippen LogP contribution is 2.24.